The van der Waals surface area contributed by atoms with Gasteiger partial charge in [0, 0.05) is 12.0 Å². The van der Waals surface area contributed by atoms with Crippen molar-refractivity contribution in [2.75, 3.05) is 37.2 Å². The van der Waals surface area contributed by atoms with Crippen LogP contribution in [0.15, 0.2) is 0 Å². The summed E-state index contributed by atoms with van der Waals surface area (Å²) in [5.41, 5.74) is -0.541. The van der Waals surface area contributed by atoms with E-state index in [1.807, 2.05) is 6.92 Å². The summed E-state index contributed by atoms with van der Waals surface area (Å²) in [6.45, 7) is 2.74. The molecule has 124 valence electrons. The molecule has 0 amide bonds. The van der Waals surface area contributed by atoms with E-state index in [4.69, 9.17) is 4.74 Å². The van der Waals surface area contributed by atoms with Gasteiger partial charge in [-0.05, 0) is 37.5 Å². The summed E-state index contributed by atoms with van der Waals surface area (Å²) in [7, 11) is -1.44. The van der Waals surface area contributed by atoms with E-state index in [0.29, 0.717) is 5.75 Å². The standard InChI is InChI=1S/C14H27NO4S2/c1-4-15-14(13(16)19-2)8-5-6-12(14)7-9-20-10-11-21(3,17)18/h12,15H,4-11H2,1-3H3. The molecular formula is C14H27NO4S2. The van der Waals surface area contributed by atoms with Crippen LogP contribution in [0.2, 0.25) is 0 Å². The summed E-state index contributed by atoms with van der Waals surface area (Å²) < 4.78 is 27.2. The average molecular weight is 338 g/mol. The van der Waals surface area contributed by atoms with E-state index in [2.05, 4.69) is 5.32 Å². The minimum absolute atomic E-state index is 0.159. The third-order valence-corrected chi connectivity index (χ3v) is 6.29. The molecule has 0 spiro atoms. The van der Waals surface area contributed by atoms with Gasteiger partial charge in [-0.1, -0.05) is 13.3 Å². The first-order chi connectivity index (χ1) is 9.85. The Bertz CT molecular complexity index is 438. The van der Waals surface area contributed by atoms with Gasteiger partial charge < -0.3 is 10.1 Å². The number of carbonyl (C=O) groups is 1. The van der Waals surface area contributed by atoms with E-state index in [-0.39, 0.29) is 17.6 Å². The predicted octanol–water partition coefficient (Wildman–Crippen LogP) is 1.48. The number of esters is 1. The summed E-state index contributed by atoms with van der Waals surface area (Å²) in [4.78, 5) is 12.2. The molecule has 0 aliphatic heterocycles. The highest BCUT2D eigenvalue weighted by atomic mass is 32.2. The first-order valence-electron chi connectivity index (χ1n) is 7.44. The molecule has 0 radical (unpaired) electrons. The second kappa shape index (κ2) is 8.39. The van der Waals surface area contributed by atoms with Crippen molar-refractivity contribution in [1.82, 2.24) is 5.32 Å². The number of carbonyl (C=O) groups excluding carboxylic acids is 1. The molecule has 7 heteroatoms. The second-order valence-electron chi connectivity index (χ2n) is 5.61. The minimum atomic E-state index is -2.88. The summed E-state index contributed by atoms with van der Waals surface area (Å²) in [5, 5.41) is 3.34. The molecule has 0 aromatic rings. The van der Waals surface area contributed by atoms with Gasteiger partial charge in [-0.3, -0.25) is 4.79 Å². The van der Waals surface area contributed by atoms with Gasteiger partial charge in [0.1, 0.15) is 15.4 Å². The van der Waals surface area contributed by atoms with Crippen LogP contribution in [-0.2, 0) is 19.4 Å². The Morgan fingerprint density at radius 3 is 2.71 bits per heavy atom. The second-order valence-corrected chi connectivity index (χ2v) is 9.10. The van der Waals surface area contributed by atoms with Crippen LogP contribution >= 0.6 is 11.8 Å². The van der Waals surface area contributed by atoms with Crippen LogP contribution in [0.1, 0.15) is 32.6 Å². The van der Waals surface area contributed by atoms with Crippen molar-refractivity contribution in [2.24, 2.45) is 5.92 Å². The summed E-state index contributed by atoms with van der Waals surface area (Å²) >= 11 is 1.65. The first-order valence-corrected chi connectivity index (χ1v) is 10.7. The number of hydrogen-bond acceptors (Lipinski definition) is 6. The van der Waals surface area contributed by atoms with Crippen molar-refractivity contribution in [3.63, 3.8) is 0 Å². The first kappa shape index (κ1) is 18.8. The van der Waals surface area contributed by atoms with E-state index >= 15 is 0 Å². The lowest BCUT2D eigenvalue weighted by atomic mass is 9.85. The number of nitrogens with one attached hydrogen (secondary N) is 1. The molecule has 5 nitrogen and oxygen atoms in total. The molecule has 1 saturated carbocycles. The number of ether oxygens (including phenoxy) is 1. The molecule has 0 aromatic heterocycles. The largest absolute Gasteiger partial charge is 0.468 e. The zero-order chi connectivity index (χ0) is 15.9. The number of sulfone groups is 1. The maximum absolute atomic E-state index is 12.2. The molecule has 1 rings (SSSR count). The molecule has 2 atom stereocenters. The summed E-state index contributed by atoms with van der Waals surface area (Å²) in [6, 6.07) is 0. The topological polar surface area (TPSA) is 72.5 Å². The van der Waals surface area contributed by atoms with Gasteiger partial charge in [-0.25, -0.2) is 8.42 Å². The molecule has 1 aliphatic rings. The third kappa shape index (κ3) is 5.45. The Labute approximate surface area is 132 Å². The average Bonchev–Trinajstić information content (AvgIpc) is 2.81. The molecular weight excluding hydrogens is 310 g/mol. The van der Waals surface area contributed by atoms with Crippen molar-refractivity contribution >= 4 is 27.6 Å². The lowest BCUT2D eigenvalue weighted by Gasteiger charge is -2.33. The van der Waals surface area contributed by atoms with Crippen molar-refractivity contribution in [3.8, 4) is 0 Å². The fraction of sp³-hybridized carbons (Fsp3) is 0.929. The fourth-order valence-corrected chi connectivity index (χ4v) is 5.42. The number of likely N-dealkylation sites (N-methyl/N-ethyl adjacent to an activating group) is 1. The van der Waals surface area contributed by atoms with Crippen LogP contribution < -0.4 is 5.32 Å². The van der Waals surface area contributed by atoms with Crippen LogP contribution in [-0.4, -0.2) is 57.1 Å². The minimum Gasteiger partial charge on any atom is -0.468 e. The number of hydrogen-bond donors (Lipinski definition) is 1. The zero-order valence-corrected chi connectivity index (χ0v) is 14.8. The van der Waals surface area contributed by atoms with Gasteiger partial charge in [0.25, 0.3) is 0 Å². The van der Waals surface area contributed by atoms with E-state index in [0.717, 1.165) is 38.0 Å². The molecule has 1 aliphatic carbocycles. The fourth-order valence-electron chi connectivity index (χ4n) is 3.08. The molecule has 0 heterocycles. The van der Waals surface area contributed by atoms with Crippen LogP contribution in [0.4, 0.5) is 0 Å². The van der Waals surface area contributed by atoms with Gasteiger partial charge >= 0.3 is 5.97 Å². The predicted molar refractivity (Wildman–Crippen MR) is 87.4 cm³/mol. The van der Waals surface area contributed by atoms with Crippen molar-refractivity contribution in [2.45, 2.75) is 38.1 Å². The molecule has 0 aromatic carbocycles. The molecule has 0 bridgehead atoms. The number of thioether (sulfide) groups is 1. The van der Waals surface area contributed by atoms with Crippen molar-refractivity contribution < 1.29 is 17.9 Å². The highest BCUT2D eigenvalue weighted by molar-refractivity contribution is 8.00. The van der Waals surface area contributed by atoms with Gasteiger partial charge in [0.15, 0.2) is 0 Å². The third-order valence-electron chi connectivity index (χ3n) is 4.07. The van der Waals surface area contributed by atoms with Crippen LogP contribution in [0.5, 0.6) is 0 Å². The molecule has 2 unspecified atom stereocenters. The SMILES string of the molecule is CCNC1(C(=O)OC)CCCC1CCSCCS(C)(=O)=O. The van der Waals surface area contributed by atoms with Crippen molar-refractivity contribution in [1.29, 1.82) is 0 Å². The van der Waals surface area contributed by atoms with Crippen LogP contribution in [0.25, 0.3) is 0 Å². The lowest BCUT2D eigenvalue weighted by molar-refractivity contribution is -0.150. The van der Waals surface area contributed by atoms with Gasteiger partial charge in [0.2, 0.25) is 0 Å². The smallest absolute Gasteiger partial charge is 0.326 e. The Morgan fingerprint density at radius 2 is 2.14 bits per heavy atom. The van der Waals surface area contributed by atoms with Crippen LogP contribution in [0, 0.1) is 5.92 Å². The maximum Gasteiger partial charge on any atom is 0.326 e. The summed E-state index contributed by atoms with van der Waals surface area (Å²) in [5.74, 6) is 1.84. The highest BCUT2D eigenvalue weighted by Gasteiger charge is 2.48. The molecule has 0 saturated heterocycles. The lowest BCUT2D eigenvalue weighted by Crippen LogP contribution is -2.55. The van der Waals surface area contributed by atoms with E-state index in [9.17, 15) is 13.2 Å². The molecule has 1 N–H and O–H groups in total. The van der Waals surface area contributed by atoms with E-state index < -0.39 is 15.4 Å². The zero-order valence-electron chi connectivity index (χ0n) is 13.2. The Balaban J connectivity index is 2.50. The Morgan fingerprint density at radius 1 is 1.43 bits per heavy atom. The van der Waals surface area contributed by atoms with Gasteiger partial charge in [-0.2, -0.15) is 11.8 Å². The van der Waals surface area contributed by atoms with E-state index in [1.54, 1.807) is 11.8 Å². The van der Waals surface area contributed by atoms with Crippen LogP contribution in [0.3, 0.4) is 0 Å². The maximum atomic E-state index is 12.2. The van der Waals surface area contributed by atoms with E-state index in [1.165, 1.54) is 13.4 Å². The van der Waals surface area contributed by atoms with Crippen molar-refractivity contribution in [3.05, 3.63) is 0 Å². The monoisotopic (exact) mass is 337 g/mol. The molecule has 1 fully saturated rings. The molecule has 21 heavy (non-hydrogen) atoms. The summed E-state index contributed by atoms with van der Waals surface area (Å²) in [6.07, 6.45) is 5.05. The number of rotatable bonds is 9. The Hall–Kier alpha value is -0.270. The highest BCUT2D eigenvalue weighted by Crippen LogP contribution is 2.39. The van der Waals surface area contributed by atoms with Gasteiger partial charge in [0.05, 0.1) is 12.9 Å². The van der Waals surface area contributed by atoms with Gasteiger partial charge in [-0.15, -0.1) is 0 Å². The number of methoxy groups -OCH3 is 1. The quantitative estimate of drug-likeness (QED) is 0.507. The normalized spacial score (nSPS) is 26.0. The Kier molecular flexibility index (Phi) is 7.50.